The first kappa shape index (κ1) is 10.8. The van der Waals surface area contributed by atoms with Crippen LogP contribution >= 0.6 is 11.6 Å². The summed E-state index contributed by atoms with van der Waals surface area (Å²) < 4.78 is 0. The zero-order valence-corrected chi connectivity index (χ0v) is 10.5. The van der Waals surface area contributed by atoms with E-state index >= 15 is 0 Å². The van der Waals surface area contributed by atoms with Crippen molar-refractivity contribution in [2.24, 2.45) is 5.92 Å². The lowest BCUT2D eigenvalue weighted by molar-refractivity contribution is 0.884. The van der Waals surface area contributed by atoms with Crippen molar-refractivity contribution in [1.29, 1.82) is 0 Å². The number of anilines is 1. The maximum atomic E-state index is 5.96. The maximum absolute atomic E-state index is 5.96. The van der Waals surface area contributed by atoms with E-state index in [4.69, 9.17) is 11.6 Å². The fraction of sp³-hybridized carbons (Fsp3) is 0.333. The van der Waals surface area contributed by atoms with Gasteiger partial charge in [-0.25, -0.2) is 9.97 Å². The van der Waals surface area contributed by atoms with Crippen LogP contribution in [-0.4, -0.2) is 24.4 Å². The molecule has 0 saturated heterocycles. The number of para-hydroxylation sites is 1. The molecule has 1 N–H and O–H groups in total. The summed E-state index contributed by atoms with van der Waals surface area (Å²) >= 11 is 5.96. The molecule has 1 aliphatic carbocycles. The normalized spacial score (nSPS) is 15.1. The summed E-state index contributed by atoms with van der Waals surface area (Å²) in [6, 6.07) is 6.10. The smallest absolute Gasteiger partial charge is 0.224 e. The second-order valence-electron chi connectivity index (χ2n) is 4.64. The predicted octanol–water partition coefficient (Wildman–Crippen LogP) is 1.36. The van der Waals surface area contributed by atoms with Gasteiger partial charge in [0.2, 0.25) is 5.28 Å². The molecular formula is C12H13BClN3. The van der Waals surface area contributed by atoms with E-state index in [2.05, 4.69) is 15.3 Å². The summed E-state index contributed by atoms with van der Waals surface area (Å²) in [6.07, 6.45) is 2.64. The molecule has 1 saturated carbocycles. The number of rotatable bonds is 3. The molecular weight excluding hydrogens is 232 g/mol. The van der Waals surface area contributed by atoms with Crippen LogP contribution in [0.5, 0.6) is 0 Å². The van der Waals surface area contributed by atoms with Crippen molar-refractivity contribution in [3.63, 3.8) is 0 Å². The molecule has 0 amide bonds. The number of hydrogen-bond acceptors (Lipinski definition) is 3. The average Bonchev–Trinajstić information content (AvgIpc) is 3.11. The van der Waals surface area contributed by atoms with Crippen LogP contribution in [0.3, 0.4) is 0 Å². The SMILES string of the molecule is Bc1cccc2c(NCC3CC3)nc(Cl)nc12. The Balaban J connectivity index is 2.05. The Morgan fingerprint density at radius 1 is 1.35 bits per heavy atom. The van der Waals surface area contributed by atoms with E-state index in [0.29, 0.717) is 5.28 Å². The highest BCUT2D eigenvalue weighted by Gasteiger charge is 2.21. The summed E-state index contributed by atoms with van der Waals surface area (Å²) in [4.78, 5) is 8.58. The van der Waals surface area contributed by atoms with Crippen molar-refractivity contribution in [2.75, 3.05) is 11.9 Å². The van der Waals surface area contributed by atoms with Crippen molar-refractivity contribution in [3.05, 3.63) is 23.5 Å². The number of nitrogens with one attached hydrogen (secondary N) is 1. The van der Waals surface area contributed by atoms with E-state index in [9.17, 15) is 0 Å². The van der Waals surface area contributed by atoms with Gasteiger partial charge in [-0.1, -0.05) is 17.6 Å². The van der Waals surface area contributed by atoms with E-state index in [0.717, 1.165) is 34.6 Å². The number of aromatic nitrogens is 2. The van der Waals surface area contributed by atoms with Gasteiger partial charge in [-0.3, -0.25) is 0 Å². The van der Waals surface area contributed by atoms with Gasteiger partial charge in [-0.15, -0.1) is 0 Å². The topological polar surface area (TPSA) is 37.8 Å². The van der Waals surface area contributed by atoms with Gasteiger partial charge in [-0.2, -0.15) is 0 Å². The highest BCUT2D eigenvalue weighted by Crippen LogP contribution is 2.29. The van der Waals surface area contributed by atoms with Gasteiger partial charge in [0.1, 0.15) is 13.7 Å². The Bertz CT molecular complexity index is 569. The Hall–Kier alpha value is -1.29. The molecule has 0 aliphatic heterocycles. The zero-order chi connectivity index (χ0) is 11.8. The quantitative estimate of drug-likeness (QED) is 0.655. The Labute approximate surface area is 106 Å². The number of fused-ring (bicyclic) bond motifs is 1. The highest BCUT2D eigenvalue weighted by molar-refractivity contribution is 6.39. The van der Waals surface area contributed by atoms with Gasteiger partial charge in [0.25, 0.3) is 0 Å². The molecule has 0 unspecified atom stereocenters. The Morgan fingerprint density at radius 2 is 2.18 bits per heavy atom. The summed E-state index contributed by atoms with van der Waals surface area (Å²) in [6.45, 7) is 0.983. The van der Waals surface area contributed by atoms with Crippen molar-refractivity contribution < 1.29 is 0 Å². The minimum Gasteiger partial charge on any atom is -0.369 e. The van der Waals surface area contributed by atoms with Crippen molar-refractivity contribution >= 4 is 41.6 Å². The van der Waals surface area contributed by atoms with Crippen LogP contribution in [0.2, 0.25) is 5.28 Å². The molecule has 0 bridgehead atoms. The molecule has 5 heteroatoms. The molecule has 0 atom stereocenters. The molecule has 1 heterocycles. The van der Waals surface area contributed by atoms with Crippen LogP contribution in [0.1, 0.15) is 12.8 Å². The maximum Gasteiger partial charge on any atom is 0.224 e. The zero-order valence-electron chi connectivity index (χ0n) is 9.70. The van der Waals surface area contributed by atoms with Crippen molar-refractivity contribution in [2.45, 2.75) is 12.8 Å². The Kier molecular flexibility index (Phi) is 2.67. The third-order valence-corrected chi connectivity index (χ3v) is 3.33. The lowest BCUT2D eigenvalue weighted by Gasteiger charge is -2.09. The molecule has 86 valence electrons. The summed E-state index contributed by atoms with van der Waals surface area (Å²) in [7, 11) is 2.04. The number of hydrogen-bond donors (Lipinski definition) is 1. The molecule has 3 nitrogen and oxygen atoms in total. The third-order valence-electron chi connectivity index (χ3n) is 3.16. The highest BCUT2D eigenvalue weighted by atomic mass is 35.5. The molecule has 1 aromatic carbocycles. The fourth-order valence-electron chi connectivity index (χ4n) is 1.97. The van der Waals surface area contributed by atoms with Gasteiger partial charge >= 0.3 is 0 Å². The predicted molar refractivity (Wildman–Crippen MR) is 73.9 cm³/mol. The van der Waals surface area contributed by atoms with Gasteiger partial charge in [0.15, 0.2) is 0 Å². The van der Waals surface area contributed by atoms with E-state index in [-0.39, 0.29) is 0 Å². The molecule has 1 aromatic heterocycles. The van der Waals surface area contributed by atoms with Crippen molar-refractivity contribution in [1.82, 2.24) is 9.97 Å². The number of halogens is 1. The molecule has 2 aromatic rings. The fourth-order valence-corrected chi connectivity index (χ4v) is 2.13. The lowest BCUT2D eigenvalue weighted by Crippen LogP contribution is -2.10. The van der Waals surface area contributed by atoms with E-state index in [1.54, 1.807) is 0 Å². The standard InChI is InChI=1S/C12H13BClN3/c13-9-3-1-2-8-10(9)16-12(14)17-11(8)15-6-7-4-5-7/h1-3,7H,4-6,13H2,(H,15,16,17). The van der Waals surface area contributed by atoms with Crippen LogP contribution in [0.25, 0.3) is 10.9 Å². The van der Waals surface area contributed by atoms with Gasteiger partial charge in [0.05, 0.1) is 5.52 Å². The average molecular weight is 246 g/mol. The minimum absolute atomic E-state index is 0.310. The van der Waals surface area contributed by atoms with E-state index in [1.807, 2.05) is 26.0 Å². The molecule has 3 rings (SSSR count). The van der Waals surface area contributed by atoms with Crippen LogP contribution < -0.4 is 10.8 Å². The van der Waals surface area contributed by atoms with Gasteiger partial charge in [0, 0.05) is 11.9 Å². The van der Waals surface area contributed by atoms with Crippen molar-refractivity contribution in [3.8, 4) is 0 Å². The Morgan fingerprint density at radius 3 is 2.94 bits per heavy atom. The van der Waals surface area contributed by atoms with Crippen LogP contribution in [-0.2, 0) is 0 Å². The van der Waals surface area contributed by atoms with Gasteiger partial charge in [-0.05, 0) is 36.4 Å². The van der Waals surface area contributed by atoms with Crippen LogP contribution in [0.4, 0.5) is 5.82 Å². The first-order valence-electron chi connectivity index (χ1n) is 5.91. The van der Waals surface area contributed by atoms with E-state index in [1.165, 1.54) is 12.8 Å². The molecule has 0 spiro atoms. The number of nitrogens with zero attached hydrogens (tertiary/aromatic N) is 2. The third kappa shape index (κ3) is 2.22. The first-order valence-corrected chi connectivity index (χ1v) is 6.28. The van der Waals surface area contributed by atoms with Crippen LogP contribution in [0.15, 0.2) is 18.2 Å². The summed E-state index contributed by atoms with van der Waals surface area (Å²) in [5.74, 6) is 1.67. The molecule has 17 heavy (non-hydrogen) atoms. The lowest BCUT2D eigenvalue weighted by atomic mass is 9.93. The molecule has 0 radical (unpaired) electrons. The minimum atomic E-state index is 0.310. The second-order valence-corrected chi connectivity index (χ2v) is 4.97. The summed E-state index contributed by atoms with van der Waals surface area (Å²) in [5, 5.41) is 4.74. The van der Waals surface area contributed by atoms with Crippen LogP contribution in [0, 0.1) is 5.92 Å². The monoisotopic (exact) mass is 245 g/mol. The second kappa shape index (κ2) is 4.19. The first-order chi connectivity index (χ1) is 8.24. The molecule has 1 fully saturated rings. The largest absolute Gasteiger partial charge is 0.369 e. The van der Waals surface area contributed by atoms with E-state index < -0.39 is 0 Å². The van der Waals surface area contributed by atoms with Gasteiger partial charge < -0.3 is 5.32 Å². The summed E-state index contributed by atoms with van der Waals surface area (Å²) in [5.41, 5.74) is 2.06. The molecule has 1 aliphatic rings. The number of benzene rings is 1.